The Labute approximate surface area is 164 Å². The van der Waals surface area contributed by atoms with Gasteiger partial charge in [-0.1, -0.05) is 12.1 Å². The molecule has 0 fully saturated rings. The van der Waals surface area contributed by atoms with E-state index in [2.05, 4.69) is 5.32 Å². The number of esters is 1. The van der Waals surface area contributed by atoms with Crippen molar-refractivity contribution in [2.45, 2.75) is 13.3 Å². The molecule has 0 spiro atoms. The average molecular weight is 384 g/mol. The SMILES string of the molecule is COc1ccc(CCNC(=O)CN2CC(=O)Oc3ccc(C)cc32)cc1OC. The first-order valence-corrected chi connectivity index (χ1v) is 9.04. The zero-order valence-electron chi connectivity index (χ0n) is 16.3. The van der Waals surface area contributed by atoms with E-state index < -0.39 is 0 Å². The average Bonchev–Trinajstić information content (AvgIpc) is 2.68. The molecule has 1 aliphatic heterocycles. The molecule has 7 nitrogen and oxygen atoms in total. The third kappa shape index (κ3) is 4.54. The van der Waals surface area contributed by atoms with Crippen LogP contribution in [-0.2, 0) is 16.0 Å². The van der Waals surface area contributed by atoms with Crippen LogP contribution in [0.25, 0.3) is 0 Å². The number of rotatable bonds is 7. The van der Waals surface area contributed by atoms with Gasteiger partial charge in [-0.25, -0.2) is 4.79 Å². The highest BCUT2D eigenvalue weighted by Crippen LogP contribution is 2.32. The molecule has 28 heavy (non-hydrogen) atoms. The topological polar surface area (TPSA) is 77.1 Å². The second-order valence-electron chi connectivity index (χ2n) is 6.59. The smallest absolute Gasteiger partial charge is 0.331 e. The molecular formula is C21H24N2O5. The van der Waals surface area contributed by atoms with E-state index in [4.69, 9.17) is 14.2 Å². The van der Waals surface area contributed by atoms with Gasteiger partial charge in [0, 0.05) is 6.54 Å². The number of methoxy groups -OCH3 is 2. The Morgan fingerprint density at radius 2 is 1.93 bits per heavy atom. The van der Waals surface area contributed by atoms with Crippen LogP contribution in [0.2, 0.25) is 0 Å². The number of ether oxygens (including phenoxy) is 3. The van der Waals surface area contributed by atoms with Crippen LogP contribution < -0.4 is 24.4 Å². The molecule has 1 N–H and O–H groups in total. The van der Waals surface area contributed by atoms with E-state index in [0.29, 0.717) is 30.2 Å². The minimum atomic E-state index is -0.366. The molecule has 3 rings (SSSR count). The molecule has 0 bridgehead atoms. The van der Waals surface area contributed by atoms with Gasteiger partial charge in [-0.2, -0.15) is 0 Å². The van der Waals surface area contributed by atoms with E-state index in [9.17, 15) is 9.59 Å². The Hall–Kier alpha value is -3.22. The lowest BCUT2D eigenvalue weighted by Gasteiger charge is -2.29. The quantitative estimate of drug-likeness (QED) is 0.582. The number of benzene rings is 2. The fourth-order valence-corrected chi connectivity index (χ4v) is 3.11. The van der Waals surface area contributed by atoms with E-state index in [1.54, 1.807) is 25.2 Å². The van der Waals surface area contributed by atoms with E-state index in [1.165, 1.54) is 0 Å². The van der Waals surface area contributed by atoms with Crippen molar-refractivity contribution in [3.63, 3.8) is 0 Å². The lowest BCUT2D eigenvalue weighted by molar-refractivity contribution is -0.133. The van der Waals surface area contributed by atoms with Crippen LogP contribution in [-0.4, -0.2) is 45.7 Å². The molecule has 1 amide bonds. The van der Waals surface area contributed by atoms with Gasteiger partial charge in [0.1, 0.15) is 6.54 Å². The van der Waals surface area contributed by atoms with Crippen LogP contribution in [0.1, 0.15) is 11.1 Å². The van der Waals surface area contributed by atoms with Crippen LogP contribution in [0.15, 0.2) is 36.4 Å². The van der Waals surface area contributed by atoms with Crippen LogP contribution in [0.3, 0.4) is 0 Å². The number of anilines is 1. The Morgan fingerprint density at radius 3 is 2.68 bits per heavy atom. The number of carbonyl (C=O) groups excluding carboxylic acids is 2. The number of amides is 1. The van der Waals surface area contributed by atoms with Crippen LogP contribution in [0.5, 0.6) is 17.2 Å². The molecule has 2 aromatic rings. The summed E-state index contributed by atoms with van der Waals surface area (Å²) >= 11 is 0. The Balaban J connectivity index is 1.57. The first-order valence-electron chi connectivity index (χ1n) is 9.04. The number of nitrogens with one attached hydrogen (secondary N) is 1. The molecule has 7 heteroatoms. The zero-order chi connectivity index (χ0) is 20.1. The molecule has 0 unspecified atom stereocenters. The van der Waals surface area contributed by atoms with Crippen molar-refractivity contribution in [1.82, 2.24) is 5.32 Å². The molecule has 0 aromatic heterocycles. The molecule has 0 atom stereocenters. The summed E-state index contributed by atoms with van der Waals surface area (Å²) in [5.41, 5.74) is 2.82. The molecule has 0 aliphatic carbocycles. The number of carbonyl (C=O) groups is 2. The van der Waals surface area contributed by atoms with Gasteiger partial charge in [-0.15, -0.1) is 0 Å². The number of nitrogens with zero attached hydrogens (tertiary/aromatic N) is 1. The van der Waals surface area contributed by atoms with Crippen molar-refractivity contribution >= 4 is 17.6 Å². The van der Waals surface area contributed by atoms with Gasteiger partial charge < -0.3 is 24.4 Å². The van der Waals surface area contributed by atoms with Gasteiger partial charge >= 0.3 is 5.97 Å². The predicted octanol–water partition coefficient (Wildman–Crippen LogP) is 2.10. The molecule has 1 aliphatic rings. The minimum absolute atomic E-state index is 0.0551. The summed E-state index contributed by atoms with van der Waals surface area (Å²) < 4.78 is 15.8. The van der Waals surface area contributed by atoms with E-state index in [1.807, 2.05) is 37.3 Å². The van der Waals surface area contributed by atoms with Gasteiger partial charge in [-0.3, -0.25) is 4.79 Å². The fraction of sp³-hybridized carbons (Fsp3) is 0.333. The number of aryl methyl sites for hydroxylation is 1. The van der Waals surface area contributed by atoms with Gasteiger partial charge in [-0.05, 0) is 48.7 Å². The van der Waals surface area contributed by atoms with Crippen molar-refractivity contribution in [2.75, 3.05) is 38.8 Å². The third-order valence-corrected chi connectivity index (χ3v) is 4.52. The third-order valence-electron chi connectivity index (χ3n) is 4.52. The van der Waals surface area contributed by atoms with Crippen molar-refractivity contribution in [1.29, 1.82) is 0 Å². The number of fused-ring (bicyclic) bond motifs is 1. The first kappa shape index (κ1) is 19.5. The van der Waals surface area contributed by atoms with Crippen LogP contribution in [0, 0.1) is 6.92 Å². The highest BCUT2D eigenvalue weighted by Gasteiger charge is 2.25. The Morgan fingerprint density at radius 1 is 1.14 bits per heavy atom. The summed E-state index contributed by atoms with van der Waals surface area (Å²) in [6, 6.07) is 11.2. The number of hydrogen-bond donors (Lipinski definition) is 1. The number of hydrogen-bond acceptors (Lipinski definition) is 6. The largest absolute Gasteiger partial charge is 0.493 e. The Bertz CT molecular complexity index is 881. The Kier molecular flexibility index (Phi) is 6.03. The second-order valence-corrected chi connectivity index (χ2v) is 6.59. The van der Waals surface area contributed by atoms with E-state index >= 15 is 0 Å². The highest BCUT2D eigenvalue weighted by molar-refractivity contribution is 5.89. The maximum atomic E-state index is 12.4. The summed E-state index contributed by atoms with van der Waals surface area (Å²) in [6.07, 6.45) is 0.657. The van der Waals surface area contributed by atoms with Crippen LogP contribution >= 0.6 is 0 Å². The van der Waals surface area contributed by atoms with Gasteiger partial charge in [0.2, 0.25) is 5.91 Å². The van der Waals surface area contributed by atoms with Crippen molar-refractivity contribution in [3.8, 4) is 17.2 Å². The summed E-state index contributed by atoms with van der Waals surface area (Å²) in [4.78, 5) is 25.9. The maximum Gasteiger partial charge on any atom is 0.331 e. The summed E-state index contributed by atoms with van der Waals surface area (Å²) in [5, 5.41) is 2.90. The molecule has 0 saturated heterocycles. The summed E-state index contributed by atoms with van der Waals surface area (Å²) in [7, 11) is 3.18. The van der Waals surface area contributed by atoms with Crippen LogP contribution in [0.4, 0.5) is 5.69 Å². The van der Waals surface area contributed by atoms with E-state index in [0.717, 1.165) is 16.8 Å². The van der Waals surface area contributed by atoms with E-state index in [-0.39, 0.29) is 25.0 Å². The lowest BCUT2D eigenvalue weighted by Crippen LogP contribution is -2.43. The second kappa shape index (κ2) is 8.65. The normalized spacial score (nSPS) is 12.8. The molecule has 148 valence electrons. The summed E-state index contributed by atoms with van der Waals surface area (Å²) in [5.74, 6) is 1.29. The molecule has 2 aromatic carbocycles. The monoisotopic (exact) mass is 384 g/mol. The zero-order valence-corrected chi connectivity index (χ0v) is 16.3. The van der Waals surface area contributed by atoms with Crippen molar-refractivity contribution < 1.29 is 23.8 Å². The predicted molar refractivity (Wildman–Crippen MR) is 105 cm³/mol. The van der Waals surface area contributed by atoms with Gasteiger partial charge in [0.15, 0.2) is 17.2 Å². The van der Waals surface area contributed by atoms with Gasteiger partial charge in [0.05, 0.1) is 26.5 Å². The molecule has 0 radical (unpaired) electrons. The highest BCUT2D eigenvalue weighted by atomic mass is 16.5. The fourth-order valence-electron chi connectivity index (χ4n) is 3.11. The molecule has 0 saturated carbocycles. The van der Waals surface area contributed by atoms with Crippen molar-refractivity contribution in [3.05, 3.63) is 47.5 Å². The van der Waals surface area contributed by atoms with Gasteiger partial charge in [0.25, 0.3) is 0 Å². The minimum Gasteiger partial charge on any atom is -0.493 e. The lowest BCUT2D eigenvalue weighted by atomic mass is 10.1. The molecule has 1 heterocycles. The molecular weight excluding hydrogens is 360 g/mol. The standard InChI is InChI=1S/C21H24N2O5/c1-14-4-6-17-16(10-14)23(13-21(25)28-17)12-20(24)22-9-8-15-5-7-18(26-2)19(11-15)27-3/h4-7,10-11H,8-9,12-13H2,1-3H3,(H,22,24). The first-order chi connectivity index (χ1) is 13.5. The summed E-state index contributed by atoms with van der Waals surface area (Å²) in [6.45, 7) is 2.59. The maximum absolute atomic E-state index is 12.4. The van der Waals surface area contributed by atoms with Crippen molar-refractivity contribution in [2.24, 2.45) is 0 Å².